The molecule has 1 saturated heterocycles. The fraction of sp³-hybridized carbons (Fsp3) is 0.929. The van der Waals surface area contributed by atoms with Gasteiger partial charge in [-0.1, -0.05) is 26.2 Å². The van der Waals surface area contributed by atoms with Gasteiger partial charge in [-0.25, -0.2) is 0 Å². The molecule has 5 atom stereocenters. The summed E-state index contributed by atoms with van der Waals surface area (Å²) in [6.45, 7) is 1.91. The van der Waals surface area contributed by atoms with Crippen molar-refractivity contribution in [1.82, 2.24) is 0 Å². The maximum atomic E-state index is 11.5. The Hall–Kier alpha value is -0.730. The van der Waals surface area contributed by atoms with Gasteiger partial charge in [-0.2, -0.15) is 0 Å². The van der Waals surface area contributed by atoms with Crippen LogP contribution in [0.5, 0.6) is 0 Å². The van der Waals surface area contributed by atoms with Gasteiger partial charge in [0.15, 0.2) is 6.29 Å². The SMILES string of the molecule is CCCCCCC(=O)OCC1OC(OC)C(O)C(O)C1O. The lowest BCUT2D eigenvalue weighted by molar-refractivity contribution is -0.295. The predicted octanol–water partition coefficient (Wildman–Crippen LogP) is -0.0460. The van der Waals surface area contributed by atoms with E-state index in [1.807, 2.05) is 0 Å². The number of aliphatic hydroxyl groups excluding tert-OH is 3. The molecule has 1 aliphatic rings. The molecule has 1 heterocycles. The first-order chi connectivity index (χ1) is 10.0. The molecule has 7 heteroatoms. The van der Waals surface area contributed by atoms with Gasteiger partial charge in [-0.05, 0) is 6.42 Å². The third-order valence-corrected chi connectivity index (χ3v) is 3.54. The van der Waals surface area contributed by atoms with Crippen LogP contribution in [0.25, 0.3) is 0 Å². The van der Waals surface area contributed by atoms with Crippen molar-refractivity contribution in [3.8, 4) is 0 Å². The van der Waals surface area contributed by atoms with Crippen LogP contribution in [0.15, 0.2) is 0 Å². The molecule has 0 aliphatic carbocycles. The highest BCUT2D eigenvalue weighted by molar-refractivity contribution is 5.69. The number of hydrogen-bond donors (Lipinski definition) is 3. The van der Waals surface area contributed by atoms with E-state index in [0.29, 0.717) is 6.42 Å². The monoisotopic (exact) mass is 306 g/mol. The fourth-order valence-corrected chi connectivity index (χ4v) is 2.19. The van der Waals surface area contributed by atoms with Crippen LogP contribution in [0.4, 0.5) is 0 Å². The number of rotatable bonds is 8. The highest BCUT2D eigenvalue weighted by Crippen LogP contribution is 2.22. The molecule has 0 aromatic heterocycles. The van der Waals surface area contributed by atoms with Gasteiger partial charge in [0.05, 0.1) is 0 Å². The lowest BCUT2D eigenvalue weighted by atomic mass is 9.99. The summed E-state index contributed by atoms with van der Waals surface area (Å²) >= 11 is 0. The van der Waals surface area contributed by atoms with Crippen LogP contribution in [-0.2, 0) is 19.0 Å². The molecule has 5 unspecified atom stereocenters. The molecule has 0 aromatic carbocycles. The molecule has 124 valence electrons. The van der Waals surface area contributed by atoms with Crippen LogP contribution in [0, 0.1) is 0 Å². The molecule has 1 aliphatic heterocycles. The van der Waals surface area contributed by atoms with Crippen LogP contribution in [-0.4, -0.2) is 65.7 Å². The molecule has 0 spiro atoms. The zero-order valence-electron chi connectivity index (χ0n) is 12.6. The number of unbranched alkanes of at least 4 members (excludes halogenated alkanes) is 3. The smallest absolute Gasteiger partial charge is 0.305 e. The summed E-state index contributed by atoms with van der Waals surface area (Å²) in [6.07, 6.45) is -1.82. The molecular formula is C14H26O7. The molecule has 1 fully saturated rings. The van der Waals surface area contributed by atoms with Gasteiger partial charge in [0.1, 0.15) is 31.0 Å². The second kappa shape index (κ2) is 9.32. The first-order valence-electron chi connectivity index (χ1n) is 7.39. The Balaban J connectivity index is 2.34. The summed E-state index contributed by atoms with van der Waals surface area (Å²) in [7, 11) is 1.31. The van der Waals surface area contributed by atoms with E-state index in [2.05, 4.69) is 6.92 Å². The van der Waals surface area contributed by atoms with Gasteiger partial charge in [-0.3, -0.25) is 4.79 Å². The summed E-state index contributed by atoms with van der Waals surface area (Å²) < 4.78 is 15.2. The average molecular weight is 306 g/mol. The fourth-order valence-electron chi connectivity index (χ4n) is 2.19. The average Bonchev–Trinajstić information content (AvgIpc) is 2.48. The molecule has 3 N–H and O–H groups in total. The Morgan fingerprint density at radius 1 is 1.10 bits per heavy atom. The number of hydrogen-bond acceptors (Lipinski definition) is 7. The van der Waals surface area contributed by atoms with Crippen molar-refractivity contribution in [3.05, 3.63) is 0 Å². The van der Waals surface area contributed by atoms with Crippen molar-refractivity contribution in [1.29, 1.82) is 0 Å². The molecular weight excluding hydrogens is 280 g/mol. The van der Waals surface area contributed by atoms with E-state index in [-0.39, 0.29) is 12.6 Å². The summed E-state index contributed by atoms with van der Waals surface area (Å²) in [5, 5.41) is 29.1. The van der Waals surface area contributed by atoms with Crippen LogP contribution >= 0.6 is 0 Å². The van der Waals surface area contributed by atoms with Crippen LogP contribution < -0.4 is 0 Å². The van der Waals surface area contributed by atoms with Crippen molar-refractivity contribution >= 4 is 5.97 Å². The second-order valence-corrected chi connectivity index (χ2v) is 5.24. The Morgan fingerprint density at radius 3 is 2.43 bits per heavy atom. The zero-order chi connectivity index (χ0) is 15.8. The van der Waals surface area contributed by atoms with Gasteiger partial charge in [0.25, 0.3) is 0 Å². The van der Waals surface area contributed by atoms with E-state index in [1.165, 1.54) is 7.11 Å². The van der Waals surface area contributed by atoms with E-state index in [0.717, 1.165) is 25.7 Å². The van der Waals surface area contributed by atoms with Gasteiger partial charge >= 0.3 is 5.97 Å². The highest BCUT2D eigenvalue weighted by atomic mass is 16.7. The lowest BCUT2D eigenvalue weighted by Crippen LogP contribution is -2.59. The van der Waals surface area contributed by atoms with Crippen molar-refractivity contribution in [2.24, 2.45) is 0 Å². The third kappa shape index (κ3) is 5.52. The largest absolute Gasteiger partial charge is 0.463 e. The second-order valence-electron chi connectivity index (χ2n) is 5.24. The molecule has 7 nitrogen and oxygen atoms in total. The van der Waals surface area contributed by atoms with Crippen LogP contribution in [0.2, 0.25) is 0 Å². The summed E-state index contributed by atoms with van der Waals surface area (Å²) in [4.78, 5) is 11.5. The molecule has 21 heavy (non-hydrogen) atoms. The maximum absolute atomic E-state index is 11.5. The van der Waals surface area contributed by atoms with Gasteiger partial charge in [0, 0.05) is 13.5 Å². The minimum atomic E-state index is -1.41. The highest BCUT2D eigenvalue weighted by Gasteiger charge is 2.44. The maximum Gasteiger partial charge on any atom is 0.305 e. The molecule has 0 bridgehead atoms. The minimum absolute atomic E-state index is 0.183. The number of aliphatic hydroxyl groups is 3. The minimum Gasteiger partial charge on any atom is -0.463 e. The summed E-state index contributed by atoms with van der Waals surface area (Å²) in [5.74, 6) is -0.364. The molecule has 0 amide bonds. The molecule has 0 radical (unpaired) electrons. The Bertz CT molecular complexity index is 308. The van der Waals surface area contributed by atoms with E-state index >= 15 is 0 Å². The lowest BCUT2D eigenvalue weighted by Gasteiger charge is -2.39. The van der Waals surface area contributed by atoms with E-state index in [1.54, 1.807) is 0 Å². The van der Waals surface area contributed by atoms with Gasteiger partial charge < -0.3 is 29.5 Å². The van der Waals surface area contributed by atoms with E-state index in [9.17, 15) is 20.1 Å². The van der Waals surface area contributed by atoms with Crippen molar-refractivity contribution < 1.29 is 34.3 Å². The van der Waals surface area contributed by atoms with E-state index < -0.39 is 30.7 Å². The topological polar surface area (TPSA) is 105 Å². The van der Waals surface area contributed by atoms with Gasteiger partial charge in [-0.15, -0.1) is 0 Å². The number of carbonyl (C=O) groups is 1. The summed E-state index contributed by atoms with van der Waals surface area (Å²) in [5.41, 5.74) is 0. The number of carbonyl (C=O) groups excluding carboxylic acids is 1. The first-order valence-corrected chi connectivity index (χ1v) is 7.39. The van der Waals surface area contributed by atoms with E-state index in [4.69, 9.17) is 14.2 Å². The van der Waals surface area contributed by atoms with Crippen molar-refractivity contribution in [3.63, 3.8) is 0 Å². The number of esters is 1. The van der Waals surface area contributed by atoms with Gasteiger partial charge in [0.2, 0.25) is 0 Å². The van der Waals surface area contributed by atoms with Crippen LogP contribution in [0.1, 0.15) is 39.0 Å². The number of methoxy groups -OCH3 is 1. The standard InChI is InChI=1S/C14H26O7/c1-3-4-5-6-7-10(15)20-8-9-11(16)12(17)13(18)14(19-2)21-9/h9,11-14,16-18H,3-8H2,1-2H3. The predicted molar refractivity (Wildman–Crippen MR) is 73.4 cm³/mol. The van der Waals surface area contributed by atoms with Crippen LogP contribution in [0.3, 0.4) is 0 Å². The Kier molecular flexibility index (Phi) is 8.13. The van der Waals surface area contributed by atoms with Crippen molar-refractivity contribution in [2.45, 2.75) is 69.7 Å². The molecule has 0 aromatic rings. The number of ether oxygens (including phenoxy) is 3. The zero-order valence-corrected chi connectivity index (χ0v) is 12.6. The Labute approximate surface area is 124 Å². The molecule has 1 rings (SSSR count). The normalized spacial score (nSPS) is 32.9. The van der Waals surface area contributed by atoms with Crippen molar-refractivity contribution in [2.75, 3.05) is 13.7 Å². The Morgan fingerprint density at radius 2 is 1.81 bits per heavy atom. The quantitative estimate of drug-likeness (QED) is 0.426. The third-order valence-electron chi connectivity index (χ3n) is 3.54. The first kappa shape index (κ1) is 18.3. The summed E-state index contributed by atoms with van der Waals surface area (Å²) in [6, 6.07) is 0. The molecule has 0 saturated carbocycles.